The van der Waals surface area contributed by atoms with Crippen LogP contribution in [0.3, 0.4) is 0 Å². The molecule has 0 spiro atoms. The minimum atomic E-state index is -1.56. The van der Waals surface area contributed by atoms with Crippen LogP contribution >= 0.6 is 0 Å². The first-order valence-corrected chi connectivity index (χ1v) is 4.63. The fraction of sp³-hybridized carbons (Fsp3) is 0.556. The smallest absolute Gasteiger partial charge is 0.327 e. The summed E-state index contributed by atoms with van der Waals surface area (Å²) in [6, 6.07) is -1.56. The quantitative estimate of drug-likeness (QED) is 0.346. The second-order valence-corrected chi connectivity index (χ2v) is 2.96. The van der Waals surface area contributed by atoms with E-state index in [1.807, 2.05) is 0 Å². The number of carboxylic acids is 1. The summed E-state index contributed by atoms with van der Waals surface area (Å²) in [5.41, 5.74) is 5.03. The molecule has 5 N–H and O–H groups in total. The minimum Gasteiger partial charge on any atom is -0.480 e. The summed E-state index contributed by atoms with van der Waals surface area (Å²) in [6.45, 7) is 1.14. The zero-order chi connectivity index (χ0) is 11.7. The number of carboxylic acid groups (broad SMARTS) is 1. The number of hydrogen-bond donors (Lipinski definition) is 4. The zero-order valence-electron chi connectivity index (χ0n) is 8.37. The van der Waals surface area contributed by atoms with Crippen LogP contribution in [0.5, 0.6) is 0 Å². The first-order chi connectivity index (χ1) is 7.09. The molecule has 0 heterocycles. The second-order valence-electron chi connectivity index (χ2n) is 2.96. The molecular formula is C9H16FN3O2. The Morgan fingerprint density at radius 3 is 2.87 bits per heavy atom. The maximum Gasteiger partial charge on any atom is 0.327 e. The molecule has 0 aromatic carbocycles. The van der Waals surface area contributed by atoms with Crippen molar-refractivity contribution in [2.24, 2.45) is 5.73 Å². The van der Waals surface area contributed by atoms with E-state index in [1.165, 1.54) is 12.3 Å². The van der Waals surface area contributed by atoms with Crippen molar-refractivity contribution >= 4 is 12.2 Å². The molecule has 0 aliphatic rings. The summed E-state index contributed by atoms with van der Waals surface area (Å²) < 4.78 is 12.9. The van der Waals surface area contributed by atoms with Gasteiger partial charge in [-0.1, -0.05) is 6.08 Å². The van der Waals surface area contributed by atoms with Gasteiger partial charge in [0.1, 0.15) is 5.83 Å². The third-order valence-corrected chi connectivity index (χ3v) is 1.71. The second kappa shape index (κ2) is 8.07. The van der Waals surface area contributed by atoms with E-state index in [2.05, 4.69) is 5.32 Å². The Kier molecular flexibility index (Phi) is 7.39. The zero-order valence-corrected chi connectivity index (χ0v) is 8.37. The van der Waals surface area contributed by atoms with Crippen molar-refractivity contribution in [2.45, 2.75) is 18.9 Å². The van der Waals surface area contributed by atoms with E-state index in [9.17, 15) is 9.18 Å². The Bertz CT molecular complexity index is 244. The van der Waals surface area contributed by atoms with Gasteiger partial charge in [-0.2, -0.15) is 0 Å². The molecule has 0 radical (unpaired) electrons. The first-order valence-electron chi connectivity index (χ1n) is 4.63. The fourth-order valence-corrected chi connectivity index (χ4v) is 0.886. The number of unbranched alkanes of at least 4 members (excludes halogenated alkanes) is 1. The number of aliphatic carboxylic acids is 1. The molecule has 86 valence electrons. The number of nitrogens with one attached hydrogen (secondary N) is 2. The molecule has 0 rings (SSSR count). The SMILES string of the molecule is N=CCNCCCC=C(F)C(N)C(=O)O. The van der Waals surface area contributed by atoms with Gasteiger partial charge in [-0.05, 0) is 19.4 Å². The molecule has 1 atom stereocenters. The predicted molar refractivity (Wildman–Crippen MR) is 55.7 cm³/mol. The number of nitrogens with two attached hydrogens (primary N) is 1. The van der Waals surface area contributed by atoms with E-state index < -0.39 is 17.8 Å². The molecule has 0 aliphatic heterocycles. The lowest BCUT2D eigenvalue weighted by atomic mass is 10.2. The van der Waals surface area contributed by atoms with E-state index in [4.69, 9.17) is 16.2 Å². The Morgan fingerprint density at radius 2 is 2.33 bits per heavy atom. The van der Waals surface area contributed by atoms with Crippen molar-refractivity contribution < 1.29 is 14.3 Å². The molecule has 0 saturated heterocycles. The third-order valence-electron chi connectivity index (χ3n) is 1.71. The lowest BCUT2D eigenvalue weighted by Gasteiger charge is -2.03. The van der Waals surface area contributed by atoms with Crippen molar-refractivity contribution in [3.8, 4) is 0 Å². The van der Waals surface area contributed by atoms with Gasteiger partial charge in [0.2, 0.25) is 0 Å². The van der Waals surface area contributed by atoms with Crippen LogP contribution in [-0.4, -0.2) is 36.4 Å². The van der Waals surface area contributed by atoms with E-state index in [1.54, 1.807) is 0 Å². The van der Waals surface area contributed by atoms with Crippen LogP contribution in [0.1, 0.15) is 12.8 Å². The van der Waals surface area contributed by atoms with E-state index in [0.717, 1.165) is 0 Å². The van der Waals surface area contributed by atoms with Gasteiger partial charge in [0.25, 0.3) is 0 Å². The van der Waals surface area contributed by atoms with Crippen molar-refractivity contribution in [2.75, 3.05) is 13.1 Å². The van der Waals surface area contributed by atoms with Crippen LogP contribution in [0.2, 0.25) is 0 Å². The molecule has 0 aromatic heterocycles. The Balaban J connectivity index is 3.67. The topological polar surface area (TPSA) is 99.2 Å². The molecule has 6 heteroatoms. The average molecular weight is 217 g/mol. The highest BCUT2D eigenvalue weighted by molar-refractivity contribution is 5.76. The molecule has 0 bridgehead atoms. The Morgan fingerprint density at radius 1 is 1.67 bits per heavy atom. The van der Waals surface area contributed by atoms with Crippen molar-refractivity contribution in [3.05, 3.63) is 11.9 Å². The summed E-state index contributed by atoms with van der Waals surface area (Å²) in [5.74, 6) is -2.18. The van der Waals surface area contributed by atoms with Crippen LogP contribution in [0, 0.1) is 5.41 Å². The molecular weight excluding hydrogens is 201 g/mol. The van der Waals surface area contributed by atoms with Gasteiger partial charge in [-0.3, -0.25) is 4.79 Å². The predicted octanol–water partition coefficient (Wildman–Crippen LogP) is 0.271. The average Bonchev–Trinajstić information content (AvgIpc) is 2.21. The molecule has 15 heavy (non-hydrogen) atoms. The number of hydrogen-bond acceptors (Lipinski definition) is 4. The summed E-state index contributed by atoms with van der Waals surface area (Å²) >= 11 is 0. The maximum absolute atomic E-state index is 12.9. The number of carbonyl (C=O) groups is 1. The van der Waals surface area contributed by atoms with Gasteiger partial charge in [-0.15, -0.1) is 0 Å². The van der Waals surface area contributed by atoms with Crippen LogP contribution < -0.4 is 11.1 Å². The summed E-state index contributed by atoms with van der Waals surface area (Å²) in [4.78, 5) is 10.3. The van der Waals surface area contributed by atoms with Crippen molar-refractivity contribution in [1.82, 2.24) is 5.32 Å². The lowest BCUT2D eigenvalue weighted by Crippen LogP contribution is -2.30. The highest BCUT2D eigenvalue weighted by atomic mass is 19.1. The van der Waals surface area contributed by atoms with E-state index >= 15 is 0 Å². The van der Waals surface area contributed by atoms with Gasteiger partial charge < -0.3 is 21.6 Å². The largest absolute Gasteiger partial charge is 0.480 e. The summed E-state index contributed by atoms with van der Waals surface area (Å²) in [6.07, 6.45) is 3.52. The van der Waals surface area contributed by atoms with Gasteiger partial charge in [0.15, 0.2) is 6.04 Å². The van der Waals surface area contributed by atoms with E-state index in [-0.39, 0.29) is 0 Å². The first kappa shape index (κ1) is 13.7. The lowest BCUT2D eigenvalue weighted by molar-refractivity contribution is -0.137. The molecule has 1 unspecified atom stereocenters. The van der Waals surface area contributed by atoms with Gasteiger partial charge in [0, 0.05) is 12.8 Å². The summed E-state index contributed by atoms with van der Waals surface area (Å²) in [7, 11) is 0. The fourth-order valence-electron chi connectivity index (χ4n) is 0.886. The molecule has 0 amide bonds. The van der Waals surface area contributed by atoms with Crippen LogP contribution in [0.25, 0.3) is 0 Å². The third kappa shape index (κ3) is 6.75. The molecule has 0 aliphatic carbocycles. The molecule has 0 aromatic rings. The summed E-state index contributed by atoms with van der Waals surface area (Å²) in [5, 5.41) is 18.0. The molecule has 5 nitrogen and oxygen atoms in total. The molecule has 0 saturated carbocycles. The van der Waals surface area contributed by atoms with Crippen molar-refractivity contribution in [3.63, 3.8) is 0 Å². The Hall–Kier alpha value is -1.27. The van der Waals surface area contributed by atoms with Crippen LogP contribution in [0.4, 0.5) is 4.39 Å². The standard InChI is InChI=1S/C9H16FN3O2/c10-7(8(12)9(14)15)3-1-2-5-13-6-4-11/h3-4,8,11,13H,1-2,5-6,12H2,(H,14,15). The van der Waals surface area contributed by atoms with Gasteiger partial charge in [0.05, 0.1) is 0 Å². The van der Waals surface area contributed by atoms with Gasteiger partial charge >= 0.3 is 5.97 Å². The van der Waals surface area contributed by atoms with Crippen molar-refractivity contribution in [1.29, 1.82) is 5.41 Å². The van der Waals surface area contributed by atoms with Crippen LogP contribution in [0.15, 0.2) is 11.9 Å². The van der Waals surface area contributed by atoms with Gasteiger partial charge in [-0.25, -0.2) is 4.39 Å². The maximum atomic E-state index is 12.9. The normalized spacial score (nSPS) is 13.6. The van der Waals surface area contributed by atoms with Crippen LogP contribution in [-0.2, 0) is 4.79 Å². The number of rotatable bonds is 8. The number of halogens is 1. The van der Waals surface area contributed by atoms with E-state index in [0.29, 0.717) is 25.9 Å². The molecule has 0 fully saturated rings. The number of allylic oxidation sites excluding steroid dienone is 1. The minimum absolute atomic E-state index is 0.428. The highest BCUT2D eigenvalue weighted by Crippen LogP contribution is 2.04. The highest BCUT2D eigenvalue weighted by Gasteiger charge is 2.16. The monoisotopic (exact) mass is 217 g/mol. The Labute approximate surface area is 87.7 Å².